The SMILES string of the molecule is O=C(NC12CC(n3cc4cc(COCC(F)(F)F)ccc4n3)(C1)C2)[C@H]1C[C@@H](O)c2cc(Cl)c(F)cc2O1. The number of nitrogens with zero attached hydrogens (tertiary/aromatic N) is 2. The van der Waals surface area contributed by atoms with Gasteiger partial charge in [-0.1, -0.05) is 17.7 Å². The molecule has 12 heteroatoms. The number of hydrogen-bond donors (Lipinski definition) is 2. The minimum Gasteiger partial charge on any atom is -0.480 e. The molecule has 7 nitrogen and oxygen atoms in total. The molecule has 3 saturated carbocycles. The zero-order chi connectivity index (χ0) is 26.2. The summed E-state index contributed by atoms with van der Waals surface area (Å²) in [5.41, 5.74) is 1.05. The van der Waals surface area contributed by atoms with Crippen molar-refractivity contribution >= 4 is 28.4 Å². The monoisotopic (exact) mass is 539 g/mol. The van der Waals surface area contributed by atoms with E-state index in [2.05, 4.69) is 10.4 Å². The molecule has 3 aliphatic carbocycles. The Labute approximate surface area is 213 Å². The number of ether oxygens (including phenoxy) is 2. The second kappa shape index (κ2) is 8.31. The zero-order valence-corrected chi connectivity index (χ0v) is 20.1. The topological polar surface area (TPSA) is 85.6 Å². The molecule has 1 amide bonds. The van der Waals surface area contributed by atoms with Crippen LogP contribution in [-0.4, -0.2) is 45.2 Å². The fourth-order valence-electron chi connectivity index (χ4n) is 5.74. The van der Waals surface area contributed by atoms with E-state index in [1.165, 1.54) is 6.07 Å². The van der Waals surface area contributed by atoms with Crippen LogP contribution in [0.2, 0.25) is 5.02 Å². The Morgan fingerprint density at radius 3 is 2.76 bits per heavy atom. The number of aliphatic hydroxyl groups is 1. The van der Waals surface area contributed by atoms with Crippen LogP contribution in [0, 0.1) is 5.82 Å². The van der Waals surface area contributed by atoms with E-state index in [0.29, 0.717) is 30.4 Å². The van der Waals surface area contributed by atoms with Crippen molar-refractivity contribution < 1.29 is 36.9 Å². The first-order chi connectivity index (χ1) is 17.4. The number of carbonyl (C=O) groups excluding carboxylic acids is 1. The number of aromatic nitrogens is 2. The van der Waals surface area contributed by atoms with E-state index in [1.807, 2.05) is 10.9 Å². The molecule has 1 aliphatic heterocycles. The Morgan fingerprint density at radius 1 is 1.27 bits per heavy atom. The average molecular weight is 540 g/mol. The third kappa shape index (κ3) is 4.32. The van der Waals surface area contributed by atoms with E-state index >= 15 is 0 Å². The molecule has 3 fully saturated rings. The van der Waals surface area contributed by atoms with Gasteiger partial charge in [0.1, 0.15) is 18.2 Å². The summed E-state index contributed by atoms with van der Waals surface area (Å²) in [4.78, 5) is 12.9. The van der Waals surface area contributed by atoms with E-state index in [-0.39, 0.29) is 35.2 Å². The van der Waals surface area contributed by atoms with Crippen LogP contribution in [-0.2, 0) is 21.7 Å². The first kappa shape index (κ1) is 24.4. The van der Waals surface area contributed by atoms with Crippen LogP contribution >= 0.6 is 11.6 Å². The van der Waals surface area contributed by atoms with Gasteiger partial charge < -0.3 is 19.9 Å². The molecule has 196 valence electrons. The number of aliphatic hydroxyl groups excluding tert-OH is 1. The Bertz CT molecular complexity index is 1390. The number of carbonyl (C=O) groups is 1. The molecule has 2 N–H and O–H groups in total. The second-order valence-electron chi connectivity index (χ2n) is 10.3. The maximum atomic E-state index is 13.9. The van der Waals surface area contributed by atoms with E-state index in [0.717, 1.165) is 17.0 Å². The van der Waals surface area contributed by atoms with Gasteiger partial charge in [0.15, 0.2) is 6.10 Å². The lowest BCUT2D eigenvalue weighted by molar-refractivity contribution is -0.176. The standard InChI is InChI=1S/C25H22ClF4N3O4/c26-16-4-15-19(34)6-21(37-20(15)5-17(16)27)22(35)31-23-9-24(10-23,11-23)33-7-14-3-13(1-2-18(14)32-33)8-36-12-25(28,29)30/h1-5,7,19,21,34H,6,8-12H2,(H,31,35)/t19-,21-,23?,24?/m1/s1. The highest BCUT2D eigenvalue weighted by molar-refractivity contribution is 6.30. The Kier molecular flexibility index (Phi) is 5.49. The number of amides is 1. The van der Waals surface area contributed by atoms with Crippen molar-refractivity contribution in [1.29, 1.82) is 0 Å². The third-order valence-corrected chi connectivity index (χ3v) is 7.68. The molecule has 1 aromatic heterocycles. The number of benzene rings is 2. The van der Waals surface area contributed by atoms with Gasteiger partial charge in [-0.2, -0.15) is 18.3 Å². The third-order valence-electron chi connectivity index (χ3n) is 7.39. The summed E-state index contributed by atoms with van der Waals surface area (Å²) in [7, 11) is 0. The smallest absolute Gasteiger partial charge is 0.411 e. The summed E-state index contributed by atoms with van der Waals surface area (Å²) < 4.78 is 63.1. The summed E-state index contributed by atoms with van der Waals surface area (Å²) in [5.74, 6) is -0.966. The summed E-state index contributed by atoms with van der Waals surface area (Å²) >= 11 is 5.79. The van der Waals surface area contributed by atoms with Crippen LogP contribution in [0.3, 0.4) is 0 Å². The number of alkyl halides is 3. The molecule has 7 rings (SSSR count). The van der Waals surface area contributed by atoms with E-state index in [9.17, 15) is 27.5 Å². The fourth-order valence-corrected chi connectivity index (χ4v) is 5.91. The highest BCUT2D eigenvalue weighted by Gasteiger charge is 2.70. The van der Waals surface area contributed by atoms with Crippen molar-refractivity contribution in [3.8, 4) is 5.75 Å². The van der Waals surface area contributed by atoms with Gasteiger partial charge in [-0.25, -0.2) is 4.39 Å². The summed E-state index contributed by atoms with van der Waals surface area (Å²) in [6.07, 6.45) is -2.45. The van der Waals surface area contributed by atoms with Crippen LogP contribution in [0.4, 0.5) is 17.6 Å². The van der Waals surface area contributed by atoms with Crippen LogP contribution in [0.1, 0.15) is 42.9 Å². The Morgan fingerprint density at radius 2 is 2.03 bits per heavy atom. The molecule has 37 heavy (non-hydrogen) atoms. The Hall–Kier alpha value is -2.89. The van der Waals surface area contributed by atoms with E-state index in [1.54, 1.807) is 18.2 Å². The predicted octanol–water partition coefficient (Wildman–Crippen LogP) is 4.54. The van der Waals surface area contributed by atoms with Crippen molar-refractivity contribution in [2.45, 2.75) is 61.8 Å². The number of hydrogen-bond acceptors (Lipinski definition) is 5. The highest BCUT2D eigenvalue weighted by atomic mass is 35.5. The zero-order valence-electron chi connectivity index (χ0n) is 19.3. The van der Waals surface area contributed by atoms with E-state index in [4.69, 9.17) is 21.1 Å². The molecule has 0 spiro atoms. The van der Waals surface area contributed by atoms with Gasteiger partial charge in [-0.15, -0.1) is 0 Å². The normalized spacial score (nSPS) is 28.2. The number of rotatable bonds is 6. The van der Waals surface area contributed by atoms with Crippen molar-refractivity contribution in [3.63, 3.8) is 0 Å². The molecule has 2 heterocycles. The first-order valence-electron chi connectivity index (χ1n) is 11.7. The largest absolute Gasteiger partial charge is 0.480 e. The van der Waals surface area contributed by atoms with Crippen LogP contribution in [0.25, 0.3) is 10.9 Å². The van der Waals surface area contributed by atoms with Gasteiger partial charge in [-0.3, -0.25) is 9.48 Å². The van der Waals surface area contributed by atoms with Crippen molar-refractivity contribution in [3.05, 3.63) is 58.5 Å². The van der Waals surface area contributed by atoms with Gasteiger partial charge >= 0.3 is 6.18 Å². The molecule has 0 unspecified atom stereocenters. The van der Waals surface area contributed by atoms with Gasteiger partial charge in [0.2, 0.25) is 0 Å². The summed E-state index contributed by atoms with van der Waals surface area (Å²) in [6.45, 7) is -1.45. The number of nitrogens with one attached hydrogen (secondary N) is 1. The fraction of sp³-hybridized carbons (Fsp3) is 0.440. The summed E-state index contributed by atoms with van der Waals surface area (Å²) in [6, 6.07) is 7.59. The lowest BCUT2D eigenvalue weighted by Gasteiger charge is -2.70. The molecule has 3 aromatic rings. The molecular formula is C25H22ClF4N3O4. The molecule has 2 aromatic carbocycles. The van der Waals surface area contributed by atoms with Crippen LogP contribution < -0.4 is 10.1 Å². The predicted molar refractivity (Wildman–Crippen MR) is 124 cm³/mol. The van der Waals surface area contributed by atoms with Gasteiger partial charge in [-0.05, 0) is 43.0 Å². The van der Waals surface area contributed by atoms with Crippen molar-refractivity contribution in [2.24, 2.45) is 0 Å². The maximum Gasteiger partial charge on any atom is 0.411 e. The molecule has 4 aliphatic rings. The maximum absolute atomic E-state index is 13.9. The molecule has 0 radical (unpaired) electrons. The number of halogens is 5. The molecule has 2 bridgehead atoms. The van der Waals surface area contributed by atoms with E-state index < -0.39 is 36.3 Å². The van der Waals surface area contributed by atoms with Crippen molar-refractivity contribution in [2.75, 3.05) is 6.61 Å². The number of fused-ring (bicyclic) bond motifs is 2. The highest BCUT2D eigenvalue weighted by Crippen LogP contribution is 2.65. The molecular weight excluding hydrogens is 518 g/mol. The molecule has 2 atom stereocenters. The van der Waals surface area contributed by atoms with Crippen molar-refractivity contribution in [1.82, 2.24) is 15.1 Å². The van der Waals surface area contributed by atoms with Gasteiger partial charge in [0, 0.05) is 35.2 Å². The lowest BCUT2D eigenvalue weighted by atomic mass is 9.44. The van der Waals surface area contributed by atoms with Gasteiger partial charge in [0.05, 0.1) is 28.8 Å². The molecule has 0 saturated heterocycles. The van der Waals surface area contributed by atoms with Crippen LogP contribution in [0.5, 0.6) is 5.75 Å². The minimum atomic E-state index is -4.37. The average Bonchev–Trinajstić information content (AvgIpc) is 3.18. The quantitative estimate of drug-likeness (QED) is 0.449. The van der Waals surface area contributed by atoms with Crippen LogP contribution in [0.15, 0.2) is 36.5 Å². The Balaban J connectivity index is 1.08. The second-order valence-corrected chi connectivity index (χ2v) is 10.7. The first-order valence-corrected chi connectivity index (χ1v) is 12.1. The lowest BCUT2D eigenvalue weighted by Crippen LogP contribution is -2.79. The summed E-state index contributed by atoms with van der Waals surface area (Å²) in [5, 5.41) is 18.8. The van der Waals surface area contributed by atoms with Gasteiger partial charge in [0.25, 0.3) is 5.91 Å². The minimum absolute atomic E-state index is 0.0293.